The predicted octanol–water partition coefficient (Wildman–Crippen LogP) is 2.38. The van der Waals surface area contributed by atoms with Crippen molar-refractivity contribution in [2.24, 2.45) is 0 Å². The van der Waals surface area contributed by atoms with E-state index in [0.717, 1.165) is 21.7 Å². The SMILES string of the molecule is O=C(NCc1ccc(Br)cc1Cl)C1CSCN1. The van der Waals surface area contributed by atoms with Gasteiger partial charge in [0.25, 0.3) is 0 Å². The van der Waals surface area contributed by atoms with Crippen LogP contribution in [0.4, 0.5) is 0 Å². The van der Waals surface area contributed by atoms with Crippen LogP contribution in [0, 0.1) is 0 Å². The Morgan fingerprint density at radius 3 is 3.12 bits per heavy atom. The third-order valence-electron chi connectivity index (χ3n) is 2.50. The molecule has 0 aromatic heterocycles. The monoisotopic (exact) mass is 334 g/mol. The molecule has 0 spiro atoms. The van der Waals surface area contributed by atoms with Crippen LogP contribution in [0.25, 0.3) is 0 Å². The molecule has 1 aromatic rings. The van der Waals surface area contributed by atoms with E-state index in [1.165, 1.54) is 0 Å². The van der Waals surface area contributed by atoms with E-state index in [0.29, 0.717) is 11.6 Å². The van der Waals surface area contributed by atoms with E-state index in [-0.39, 0.29) is 11.9 Å². The van der Waals surface area contributed by atoms with Gasteiger partial charge in [0.1, 0.15) is 0 Å². The number of hydrogen-bond donors (Lipinski definition) is 2. The van der Waals surface area contributed by atoms with E-state index >= 15 is 0 Å². The van der Waals surface area contributed by atoms with Gasteiger partial charge >= 0.3 is 0 Å². The number of thioether (sulfide) groups is 1. The van der Waals surface area contributed by atoms with Crippen LogP contribution in [-0.4, -0.2) is 23.6 Å². The minimum Gasteiger partial charge on any atom is -0.351 e. The van der Waals surface area contributed by atoms with E-state index in [2.05, 4.69) is 26.6 Å². The van der Waals surface area contributed by atoms with Crippen molar-refractivity contribution in [3.05, 3.63) is 33.3 Å². The molecule has 1 amide bonds. The molecular formula is C11H12BrClN2OS. The van der Waals surface area contributed by atoms with Gasteiger partial charge in [0.05, 0.1) is 6.04 Å². The molecule has 0 radical (unpaired) electrons. The Labute approximate surface area is 118 Å². The summed E-state index contributed by atoms with van der Waals surface area (Å²) >= 11 is 11.2. The van der Waals surface area contributed by atoms with Crippen LogP contribution >= 0.6 is 39.3 Å². The van der Waals surface area contributed by atoms with E-state index in [4.69, 9.17) is 11.6 Å². The predicted molar refractivity (Wildman–Crippen MR) is 75.2 cm³/mol. The molecule has 1 unspecified atom stereocenters. The van der Waals surface area contributed by atoms with Crippen LogP contribution in [0.5, 0.6) is 0 Å². The molecule has 1 fully saturated rings. The summed E-state index contributed by atoms with van der Waals surface area (Å²) < 4.78 is 0.937. The third kappa shape index (κ3) is 3.61. The Hall–Kier alpha value is -0.230. The van der Waals surface area contributed by atoms with Gasteiger partial charge in [-0.15, -0.1) is 11.8 Å². The Morgan fingerprint density at radius 1 is 1.65 bits per heavy atom. The Balaban J connectivity index is 1.90. The second kappa shape index (κ2) is 6.09. The van der Waals surface area contributed by atoms with Crippen molar-refractivity contribution in [3.8, 4) is 0 Å². The maximum atomic E-state index is 11.8. The minimum atomic E-state index is -0.0748. The van der Waals surface area contributed by atoms with Crippen molar-refractivity contribution in [2.45, 2.75) is 12.6 Å². The number of carbonyl (C=O) groups is 1. The fraction of sp³-hybridized carbons (Fsp3) is 0.364. The first kappa shape index (κ1) is 13.2. The standard InChI is InChI=1S/C11H12BrClN2OS/c12-8-2-1-7(9(13)3-8)4-14-11(16)10-5-17-6-15-10/h1-3,10,15H,4-6H2,(H,14,16). The van der Waals surface area contributed by atoms with Crippen molar-refractivity contribution >= 4 is 45.2 Å². The zero-order chi connectivity index (χ0) is 12.3. The Bertz CT molecular complexity index is 424. The lowest BCUT2D eigenvalue weighted by molar-refractivity contribution is -0.122. The molecule has 1 heterocycles. The summed E-state index contributed by atoms with van der Waals surface area (Å²) in [5.41, 5.74) is 0.925. The Morgan fingerprint density at radius 2 is 2.47 bits per heavy atom. The molecule has 1 saturated heterocycles. The van der Waals surface area contributed by atoms with E-state index in [1.807, 2.05) is 18.2 Å². The van der Waals surface area contributed by atoms with E-state index < -0.39 is 0 Å². The Kier molecular flexibility index (Phi) is 4.73. The van der Waals surface area contributed by atoms with Crippen molar-refractivity contribution in [2.75, 3.05) is 11.6 Å². The fourth-order valence-corrected chi connectivity index (χ4v) is 3.22. The number of carbonyl (C=O) groups excluding carboxylic acids is 1. The van der Waals surface area contributed by atoms with Gasteiger partial charge in [0.15, 0.2) is 0 Å². The highest BCUT2D eigenvalue weighted by molar-refractivity contribution is 9.10. The number of rotatable bonds is 3. The number of halogens is 2. The first-order valence-corrected chi connectivity index (χ1v) is 7.52. The summed E-state index contributed by atoms with van der Waals surface area (Å²) in [5, 5.41) is 6.67. The van der Waals surface area contributed by atoms with Crippen LogP contribution in [0.2, 0.25) is 5.02 Å². The molecule has 17 heavy (non-hydrogen) atoms. The highest BCUT2D eigenvalue weighted by Gasteiger charge is 2.21. The van der Waals surface area contributed by atoms with Crippen LogP contribution in [0.3, 0.4) is 0 Å². The molecule has 0 aliphatic carbocycles. The van der Waals surface area contributed by atoms with Gasteiger partial charge in [-0.1, -0.05) is 33.6 Å². The number of hydrogen-bond acceptors (Lipinski definition) is 3. The van der Waals surface area contributed by atoms with Crippen LogP contribution < -0.4 is 10.6 Å². The first-order chi connectivity index (χ1) is 8.16. The molecule has 1 aliphatic rings. The first-order valence-electron chi connectivity index (χ1n) is 5.19. The van der Waals surface area contributed by atoms with Gasteiger partial charge < -0.3 is 5.32 Å². The van der Waals surface area contributed by atoms with Crippen molar-refractivity contribution in [3.63, 3.8) is 0 Å². The minimum absolute atomic E-state index is 0.0361. The molecule has 0 bridgehead atoms. The molecular weight excluding hydrogens is 324 g/mol. The molecule has 1 aliphatic heterocycles. The second-order valence-electron chi connectivity index (χ2n) is 3.73. The van der Waals surface area contributed by atoms with E-state index in [1.54, 1.807) is 11.8 Å². The summed E-state index contributed by atoms with van der Waals surface area (Å²) in [5.74, 6) is 1.71. The van der Waals surface area contributed by atoms with Gasteiger partial charge in [0, 0.05) is 27.7 Å². The van der Waals surface area contributed by atoms with Crippen LogP contribution in [-0.2, 0) is 11.3 Å². The zero-order valence-corrected chi connectivity index (χ0v) is 12.2. The highest BCUT2D eigenvalue weighted by atomic mass is 79.9. The average molecular weight is 336 g/mol. The number of amides is 1. The molecule has 1 atom stereocenters. The molecule has 2 N–H and O–H groups in total. The zero-order valence-electron chi connectivity index (χ0n) is 9.00. The molecule has 0 saturated carbocycles. The summed E-state index contributed by atoms with van der Waals surface area (Å²) in [7, 11) is 0. The van der Waals surface area contributed by atoms with Gasteiger partial charge in [-0.2, -0.15) is 0 Å². The summed E-state index contributed by atoms with van der Waals surface area (Å²) in [6.07, 6.45) is 0. The summed E-state index contributed by atoms with van der Waals surface area (Å²) in [6.45, 7) is 0.466. The molecule has 2 rings (SSSR count). The van der Waals surface area contributed by atoms with Crippen LogP contribution in [0.15, 0.2) is 22.7 Å². The maximum absolute atomic E-state index is 11.8. The average Bonchev–Trinajstić information content (AvgIpc) is 2.81. The number of benzene rings is 1. The fourth-order valence-electron chi connectivity index (χ4n) is 1.53. The van der Waals surface area contributed by atoms with Gasteiger partial charge in [-0.25, -0.2) is 0 Å². The van der Waals surface area contributed by atoms with Gasteiger partial charge in [-0.05, 0) is 17.7 Å². The topological polar surface area (TPSA) is 41.1 Å². The molecule has 3 nitrogen and oxygen atoms in total. The lowest BCUT2D eigenvalue weighted by Gasteiger charge is -2.11. The third-order valence-corrected chi connectivity index (χ3v) is 4.29. The maximum Gasteiger partial charge on any atom is 0.238 e. The lowest BCUT2D eigenvalue weighted by atomic mass is 10.2. The smallest absolute Gasteiger partial charge is 0.238 e. The normalized spacial score (nSPS) is 19.3. The largest absolute Gasteiger partial charge is 0.351 e. The van der Waals surface area contributed by atoms with Crippen molar-refractivity contribution in [1.82, 2.24) is 10.6 Å². The van der Waals surface area contributed by atoms with Crippen molar-refractivity contribution in [1.29, 1.82) is 0 Å². The van der Waals surface area contributed by atoms with Gasteiger partial charge in [-0.3, -0.25) is 10.1 Å². The van der Waals surface area contributed by atoms with E-state index in [9.17, 15) is 4.79 Å². The van der Waals surface area contributed by atoms with Gasteiger partial charge in [0.2, 0.25) is 5.91 Å². The number of nitrogens with one attached hydrogen (secondary N) is 2. The highest BCUT2D eigenvalue weighted by Crippen LogP contribution is 2.21. The van der Waals surface area contributed by atoms with Crippen LogP contribution in [0.1, 0.15) is 5.56 Å². The molecule has 6 heteroatoms. The summed E-state index contributed by atoms with van der Waals surface area (Å²) in [4.78, 5) is 11.8. The molecule has 1 aromatic carbocycles. The summed E-state index contributed by atoms with van der Waals surface area (Å²) in [6, 6.07) is 5.57. The molecule has 92 valence electrons. The quantitative estimate of drug-likeness (QED) is 0.891. The lowest BCUT2D eigenvalue weighted by Crippen LogP contribution is -2.41. The van der Waals surface area contributed by atoms with Crippen molar-refractivity contribution < 1.29 is 4.79 Å². The second-order valence-corrected chi connectivity index (χ2v) is 6.08.